The van der Waals surface area contributed by atoms with Gasteiger partial charge < -0.3 is 9.80 Å². The van der Waals surface area contributed by atoms with E-state index in [9.17, 15) is 9.18 Å². The van der Waals surface area contributed by atoms with Gasteiger partial charge in [0.15, 0.2) is 0 Å². The average Bonchev–Trinajstić information content (AvgIpc) is 2.97. The lowest BCUT2D eigenvalue weighted by molar-refractivity contribution is 0.0641. The Hall–Kier alpha value is -1.42. The molecular formula is C17H25FN2O. The Bertz CT molecular complexity index is 466. The van der Waals surface area contributed by atoms with Gasteiger partial charge in [-0.3, -0.25) is 4.79 Å². The Kier molecular flexibility index (Phi) is 5.34. The highest BCUT2D eigenvalue weighted by atomic mass is 19.1. The van der Waals surface area contributed by atoms with Crippen LogP contribution in [0.25, 0.3) is 0 Å². The number of likely N-dealkylation sites (tertiary alicyclic amines) is 1. The summed E-state index contributed by atoms with van der Waals surface area (Å²) in [5.74, 6) is 0.0413. The maximum absolute atomic E-state index is 13.0. The number of amides is 1. The summed E-state index contributed by atoms with van der Waals surface area (Å²) in [5, 5.41) is 0. The van der Waals surface area contributed by atoms with Gasteiger partial charge in [0.1, 0.15) is 5.82 Å². The van der Waals surface area contributed by atoms with Crippen LogP contribution < -0.4 is 0 Å². The number of hydrogen-bond donors (Lipinski definition) is 0. The Morgan fingerprint density at radius 3 is 2.33 bits per heavy atom. The molecule has 1 aliphatic heterocycles. The third-order valence-electron chi connectivity index (χ3n) is 4.32. The van der Waals surface area contributed by atoms with Gasteiger partial charge >= 0.3 is 0 Å². The predicted molar refractivity (Wildman–Crippen MR) is 82.8 cm³/mol. The van der Waals surface area contributed by atoms with Crippen LogP contribution in [-0.2, 0) is 0 Å². The number of benzene rings is 1. The van der Waals surface area contributed by atoms with Crippen LogP contribution in [-0.4, -0.2) is 48.4 Å². The molecule has 21 heavy (non-hydrogen) atoms. The topological polar surface area (TPSA) is 23.6 Å². The quantitative estimate of drug-likeness (QED) is 0.833. The van der Waals surface area contributed by atoms with E-state index in [-0.39, 0.29) is 17.8 Å². The predicted octanol–water partition coefficient (Wildman–Crippen LogP) is 3.02. The summed E-state index contributed by atoms with van der Waals surface area (Å²) in [5.41, 5.74) is 0.547. The molecule has 1 aromatic carbocycles. The summed E-state index contributed by atoms with van der Waals surface area (Å²) in [6.07, 6.45) is 2.50. The highest BCUT2D eigenvalue weighted by Gasteiger charge is 2.27. The summed E-state index contributed by atoms with van der Waals surface area (Å²) in [4.78, 5) is 16.8. The smallest absolute Gasteiger partial charge is 0.253 e. The van der Waals surface area contributed by atoms with E-state index in [1.54, 1.807) is 12.1 Å². The van der Waals surface area contributed by atoms with Crippen molar-refractivity contribution in [3.8, 4) is 0 Å². The Morgan fingerprint density at radius 2 is 1.81 bits per heavy atom. The second-order valence-electron chi connectivity index (χ2n) is 6.24. The minimum absolute atomic E-state index is 0.0344. The first kappa shape index (κ1) is 16.0. The number of hydrogen-bond acceptors (Lipinski definition) is 2. The van der Waals surface area contributed by atoms with Gasteiger partial charge in [0.25, 0.3) is 5.91 Å². The molecule has 3 nitrogen and oxygen atoms in total. The summed E-state index contributed by atoms with van der Waals surface area (Å²) in [7, 11) is 1.85. The molecule has 0 aliphatic carbocycles. The van der Waals surface area contributed by atoms with Crippen molar-refractivity contribution in [3.05, 3.63) is 35.6 Å². The zero-order valence-electron chi connectivity index (χ0n) is 13.2. The number of nitrogens with zero attached hydrogens (tertiary/aromatic N) is 2. The van der Waals surface area contributed by atoms with Gasteiger partial charge in [-0.2, -0.15) is 0 Å². The third kappa shape index (κ3) is 4.03. The molecule has 116 valence electrons. The van der Waals surface area contributed by atoms with Gasteiger partial charge in [0, 0.05) is 25.2 Å². The largest absolute Gasteiger partial charge is 0.337 e. The summed E-state index contributed by atoms with van der Waals surface area (Å²) < 4.78 is 13.0. The molecule has 1 fully saturated rings. The third-order valence-corrected chi connectivity index (χ3v) is 4.32. The molecule has 1 heterocycles. The van der Waals surface area contributed by atoms with Gasteiger partial charge in [-0.1, -0.05) is 13.8 Å². The molecule has 0 N–H and O–H groups in total. The van der Waals surface area contributed by atoms with Crippen molar-refractivity contribution < 1.29 is 9.18 Å². The van der Waals surface area contributed by atoms with Crippen LogP contribution in [0.15, 0.2) is 24.3 Å². The van der Waals surface area contributed by atoms with Crippen molar-refractivity contribution in [2.75, 3.05) is 26.7 Å². The standard InChI is InChI=1S/C17H25FN2O/c1-13(2)16(12-20-10-4-5-11-20)19(3)17(21)14-6-8-15(18)9-7-14/h6-9,13,16H,4-5,10-12H2,1-3H3/t16-/m1/s1. The maximum atomic E-state index is 13.0. The van der Waals surface area contributed by atoms with Gasteiger partial charge in [-0.05, 0) is 56.1 Å². The Morgan fingerprint density at radius 1 is 1.24 bits per heavy atom. The van der Waals surface area contributed by atoms with Crippen molar-refractivity contribution in [1.29, 1.82) is 0 Å². The van der Waals surface area contributed by atoms with Gasteiger partial charge in [-0.25, -0.2) is 4.39 Å². The molecule has 0 aromatic heterocycles. The molecule has 4 heteroatoms. The monoisotopic (exact) mass is 292 g/mol. The molecule has 0 spiro atoms. The number of likely N-dealkylation sites (N-methyl/N-ethyl adjacent to an activating group) is 1. The lowest BCUT2D eigenvalue weighted by Gasteiger charge is -2.34. The van der Waals surface area contributed by atoms with Crippen molar-refractivity contribution in [2.45, 2.75) is 32.7 Å². The molecule has 0 unspecified atom stereocenters. The van der Waals surface area contributed by atoms with E-state index in [4.69, 9.17) is 0 Å². The van der Waals surface area contributed by atoms with Crippen LogP contribution >= 0.6 is 0 Å². The van der Waals surface area contributed by atoms with E-state index < -0.39 is 0 Å². The van der Waals surface area contributed by atoms with Crippen molar-refractivity contribution in [1.82, 2.24) is 9.80 Å². The molecule has 0 radical (unpaired) electrons. The normalized spacial score (nSPS) is 17.2. The van der Waals surface area contributed by atoms with Crippen LogP contribution in [0.5, 0.6) is 0 Å². The van der Waals surface area contributed by atoms with E-state index in [1.807, 2.05) is 11.9 Å². The number of rotatable bonds is 5. The van der Waals surface area contributed by atoms with E-state index in [0.717, 1.165) is 19.6 Å². The molecule has 1 aliphatic rings. The van der Waals surface area contributed by atoms with Crippen LogP contribution in [0, 0.1) is 11.7 Å². The van der Waals surface area contributed by atoms with Crippen LogP contribution in [0.4, 0.5) is 4.39 Å². The first-order valence-electron chi connectivity index (χ1n) is 7.74. The summed E-state index contributed by atoms with van der Waals surface area (Å²) in [6.45, 7) is 7.47. The fourth-order valence-corrected chi connectivity index (χ4v) is 2.96. The molecule has 1 aromatic rings. The SMILES string of the molecule is CC(C)[C@@H](CN1CCCC1)N(C)C(=O)c1ccc(F)cc1. The first-order valence-corrected chi connectivity index (χ1v) is 7.74. The maximum Gasteiger partial charge on any atom is 0.253 e. The molecule has 2 rings (SSSR count). The fourth-order valence-electron chi connectivity index (χ4n) is 2.96. The first-order chi connectivity index (χ1) is 9.99. The van der Waals surface area contributed by atoms with Gasteiger partial charge in [0.2, 0.25) is 0 Å². The molecule has 1 saturated heterocycles. The van der Waals surface area contributed by atoms with E-state index in [2.05, 4.69) is 18.7 Å². The lowest BCUT2D eigenvalue weighted by Crippen LogP contribution is -2.47. The zero-order chi connectivity index (χ0) is 15.4. The van der Waals surface area contributed by atoms with E-state index in [1.165, 1.54) is 25.0 Å². The van der Waals surface area contributed by atoms with Crippen molar-refractivity contribution >= 4 is 5.91 Å². The zero-order valence-corrected chi connectivity index (χ0v) is 13.2. The Labute approximate surface area is 126 Å². The number of halogens is 1. The van der Waals surface area contributed by atoms with Crippen molar-refractivity contribution in [3.63, 3.8) is 0 Å². The van der Waals surface area contributed by atoms with Gasteiger partial charge in [0.05, 0.1) is 0 Å². The number of carbonyl (C=O) groups excluding carboxylic acids is 1. The fraction of sp³-hybridized carbons (Fsp3) is 0.588. The molecular weight excluding hydrogens is 267 g/mol. The minimum Gasteiger partial charge on any atom is -0.337 e. The van der Waals surface area contributed by atoms with Crippen LogP contribution in [0.3, 0.4) is 0 Å². The molecule has 0 saturated carbocycles. The minimum atomic E-state index is -0.313. The second kappa shape index (κ2) is 7.03. The second-order valence-corrected chi connectivity index (χ2v) is 6.24. The van der Waals surface area contributed by atoms with E-state index in [0.29, 0.717) is 11.5 Å². The number of carbonyl (C=O) groups is 1. The van der Waals surface area contributed by atoms with Crippen LogP contribution in [0.1, 0.15) is 37.0 Å². The summed E-state index contributed by atoms with van der Waals surface area (Å²) >= 11 is 0. The lowest BCUT2D eigenvalue weighted by atomic mass is 10.0. The Balaban J connectivity index is 2.07. The molecule has 1 atom stereocenters. The van der Waals surface area contributed by atoms with E-state index >= 15 is 0 Å². The van der Waals surface area contributed by atoms with Gasteiger partial charge in [-0.15, -0.1) is 0 Å². The highest BCUT2D eigenvalue weighted by molar-refractivity contribution is 5.94. The summed E-state index contributed by atoms with van der Waals surface area (Å²) in [6, 6.07) is 5.97. The molecule has 0 bridgehead atoms. The van der Waals surface area contributed by atoms with Crippen molar-refractivity contribution in [2.24, 2.45) is 5.92 Å². The average molecular weight is 292 g/mol. The van der Waals surface area contributed by atoms with Crippen LogP contribution in [0.2, 0.25) is 0 Å². The molecule has 1 amide bonds. The highest BCUT2D eigenvalue weighted by Crippen LogP contribution is 2.17.